The summed E-state index contributed by atoms with van der Waals surface area (Å²) in [5, 5.41) is 1.04. The molecular weight excluding hydrogens is 256 g/mol. The molecule has 100 valence electrons. The highest BCUT2D eigenvalue weighted by atomic mass is 16.5. The van der Waals surface area contributed by atoms with Crippen LogP contribution in [0.3, 0.4) is 0 Å². The second-order valence-corrected chi connectivity index (χ2v) is 4.06. The lowest BCUT2D eigenvalue weighted by Crippen LogP contribution is -2.00. The number of ether oxygens (including phenoxy) is 2. The first-order valence-electron chi connectivity index (χ1n) is 5.95. The zero-order chi connectivity index (χ0) is 13.9. The monoisotopic (exact) mass is 268 g/mol. The van der Waals surface area contributed by atoms with Crippen LogP contribution in [0.1, 0.15) is 0 Å². The van der Waals surface area contributed by atoms with E-state index in [0.717, 1.165) is 10.9 Å². The maximum atomic E-state index is 5.71. The van der Waals surface area contributed by atoms with Crippen LogP contribution in [0, 0.1) is 0 Å². The van der Waals surface area contributed by atoms with Crippen molar-refractivity contribution in [2.75, 3.05) is 12.8 Å². The van der Waals surface area contributed by atoms with Crippen molar-refractivity contribution in [1.29, 1.82) is 0 Å². The van der Waals surface area contributed by atoms with E-state index in [2.05, 4.69) is 15.0 Å². The van der Waals surface area contributed by atoms with Crippen LogP contribution in [0.15, 0.2) is 42.9 Å². The van der Waals surface area contributed by atoms with E-state index >= 15 is 0 Å². The molecule has 0 bridgehead atoms. The first-order chi connectivity index (χ1) is 9.78. The van der Waals surface area contributed by atoms with Crippen molar-refractivity contribution in [3.8, 4) is 17.4 Å². The van der Waals surface area contributed by atoms with Gasteiger partial charge in [-0.15, -0.1) is 0 Å². The molecule has 0 aliphatic carbocycles. The maximum Gasteiger partial charge on any atom is 0.268 e. The molecule has 6 heteroatoms. The van der Waals surface area contributed by atoms with Gasteiger partial charge in [-0.05, 0) is 18.2 Å². The van der Waals surface area contributed by atoms with E-state index in [-0.39, 0.29) is 11.7 Å². The Labute approximate surface area is 115 Å². The van der Waals surface area contributed by atoms with Gasteiger partial charge in [-0.1, -0.05) is 6.07 Å². The molecule has 0 saturated heterocycles. The van der Waals surface area contributed by atoms with Gasteiger partial charge in [0.05, 0.1) is 12.6 Å². The number of pyridine rings is 1. The van der Waals surface area contributed by atoms with Crippen LogP contribution in [-0.2, 0) is 0 Å². The minimum absolute atomic E-state index is 0.233. The normalized spacial score (nSPS) is 10.4. The third-order valence-electron chi connectivity index (χ3n) is 2.79. The summed E-state index contributed by atoms with van der Waals surface area (Å²) in [7, 11) is 1.49. The Morgan fingerprint density at radius 3 is 2.85 bits per heavy atom. The average Bonchev–Trinajstić information content (AvgIpc) is 2.47. The molecule has 0 amide bonds. The molecule has 20 heavy (non-hydrogen) atoms. The van der Waals surface area contributed by atoms with Crippen molar-refractivity contribution >= 4 is 16.7 Å². The predicted molar refractivity (Wildman–Crippen MR) is 74.8 cm³/mol. The number of fused-ring (bicyclic) bond motifs is 1. The number of nitrogen functional groups attached to an aromatic ring is 1. The predicted octanol–water partition coefficient (Wildman–Crippen LogP) is 2.41. The highest BCUT2D eigenvalue weighted by molar-refractivity contribution is 5.79. The fraction of sp³-hybridized carbons (Fsp3) is 0.0714. The Kier molecular flexibility index (Phi) is 3.04. The molecule has 2 aromatic heterocycles. The van der Waals surface area contributed by atoms with Gasteiger partial charge in [0, 0.05) is 17.6 Å². The Hall–Kier alpha value is -2.89. The van der Waals surface area contributed by atoms with Crippen LogP contribution in [0.5, 0.6) is 17.4 Å². The summed E-state index contributed by atoms with van der Waals surface area (Å²) in [6.07, 6.45) is 3.06. The van der Waals surface area contributed by atoms with Gasteiger partial charge in [0.2, 0.25) is 5.75 Å². The number of benzene rings is 1. The number of nitrogens with zero attached hydrogens (tertiary/aromatic N) is 3. The molecular formula is C14H12N4O2. The lowest BCUT2D eigenvalue weighted by Gasteiger charge is -2.10. The van der Waals surface area contributed by atoms with Crippen LogP contribution >= 0.6 is 0 Å². The minimum Gasteiger partial charge on any atom is -0.489 e. The number of hydrogen-bond donors (Lipinski definition) is 1. The molecule has 2 heterocycles. The summed E-state index contributed by atoms with van der Waals surface area (Å²) in [4.78, 5) is 12.2. The first-order valence-corrected chi connectivity index (χ1v) is 5.95. The number of nitrogens with two attached hydrogens (primary N) is 1. The molecule has 3 rings (SSSR count). The number of rotatable bonds is 3. The van der Waals surface area contributed by atoms with Crippen molar-refractivity contribution in [2.45, 2.75) is 0 Å². The molecule has 0 spiro atoms. The lowest BCUT2D eigenvalue weighted by molar-refractivity contribution is 0.369. The Bertz CT molecular complexity index is 761. The van der Waals surface area contributed by atoms with Crippen LogP contribution in [-0.4, -0.2) is 22.1 Å². The Morgan fingerprint density at radius 2 is 2.00 bits per heavy atom. The van der Waals surface area contributed by atoms with Crippen LogP contribution in [0.2, 0.25) is 0 Å². The highest BCUT2D eigenvalue weighted by Crippen LogP contribution is 2.33. The molecule has 0 aliphatic heterocycles. The highest BCUT2D eigenvalue weighted by Gasteiger charge is 2.12. The van der Waals surface area contributed by atoms with Crippen molar-refractivity contribution in [1.82, 2.24) is 15.0 Å². The molecule has 2 N–H and O–H groups in total. The van der Waals surface area contributed by atoms with Crippen molar-refractivity contribution in [3.05, 3.63) is 42.9 Å². The zero-order valence-corrected chi connectivity index (χ0v) is 10.8. The summed E-state index contributed by atoms with van der Waals surface area (Å²) >= 11 is 0. The SMILES string of the molecule is COc1c(N)ncnc1Oc1ccc2cccnc2c1. The molecule has 0 aliphatic rings. The first kappa shape index (κ1) is 12.2. The quantitative estimate of drug-likeness (QED) is 0.785. The minimum atomic E-state index is 0.233. The van der Waals surface area contributed by atoms with Crippen molar-refractivity contribution in [2.24, 2.45) is 0 Å². The molecule has 0 unspecified atom stereocenters. The van der Waals surface area contributed by atoms with E-state index in [0.29, 0.717) is 11.5 Å². The molecule has 0 saturated carbocycles. The molecule has 0 radical (unpaired) electrons. The average molecular weight is 268 g/mol. The van der Waals surface area contributed by atoms with Crippen molar-refractivity contribution < 1.29 is 9.47 Å². The second kappa shape index (κ2) is 5.00. The molecule has 1 aromatic carbocycles. The van der Waals surface area contributed by atoms with Gasteiger partial charge in [-0.2, -0.15) is 4.98 Å². The van der Waals surface area contributed by atoms with Gasteiger partial charge in [-0.3, -0.25) is 4.98 Å². The van der Waals surface area contributed by atoms with Crippen molar-refractivity contribution in [3.63, 3.8) is 0 Å². The van der Waals surface area contributed by atoms with E-state index in [4.69, 9.17) is 15.2 Å². The Morgan fingerprint density at radius 1 is 1.10 bits per heavy atom. The Balaban J connectivity index is 1.99. The van der Waals surface area contributed by atoms with Gasteiger partial charge in [0.25, 0.3) is 5.88 Å². The molecule has 6 nitrogen and oxygen atoms in total. The third kappa shape index (κ3) is 2.18. The largest absolute Gasteiger partial charge is 0.489 e. The van der Waals surface area contributed by atoms with E-state index in [1.165, 1.54) is 13.4 Å². The molecule has 3 aromatic rings. The van der Waals surface area contributed by atoms with Crippen LogP contribution < -0.4 is 15.2 Å². The zero-order valence-electron chi connectivity index (χ0n) is 10.8. The van der Waals surface area contributed by atoms with Crippen LogP contribution in [0.25, 0.3) is 10.9 Å². The van der Waals surface area contributed by atoms with Gasteiger partial charge in [0.15, 0.2) is 5.82 Å². The van der Waals surface area contributed by atoms with E-state index in [9.17, 15) is 0 Å². The summed E-state index contributed by atoms with van der Waals surface area (Å²) < 4.78 is 10.8. The summed E-state index contributed by atoms with van der Waals surface area (Å²) in [6.45, 7) is 0. The van der Waals surface area contributed by atoms with Gasteiger partial charge >= 0.3 is 0 Å². The number of aromatic nitrogens is 3. The summed E-state index contributed by atoms with van der Waals surface area (Å²) in [6, 6.07) is 9.45. The van der Waals surface area contributed by atoms with Crippen LogP contribution in [0.4, 0.5) is 5.82 Å². The lowest BCUT2D eigenvalue weighted by atomic mass is 10.2. The van der Waals surface area contributed by atoms with E-state index < -0.39 is 0 Å². The van der Waals surface area contributed by atoms with Gasteiger partial charge in [-0.25, -0.2) is 4.98 Å². The summed E-state index contributed by atoms with van der Waals surface area (Å²) in [5.74, 6) is 1.42. The van der Waals surface area contributed by atoms with Gasteiger partial charge < -0.3 is 15.2 Å². The fourth-order valence-corrected chi connectivity index (χ4v) is 1.86. The van der Waals surface area contributed by atoms with Gasteiger partial charge in [0.1, 0.15) is 12.1 Å². The summed E-state index contributed by atoms with van der Waals surface area (Å²) in [5.41, 5.74) is 6.55. The second-order valence-electron chi connectivity index (χ2n) is 4.06. The molecule has 0 fully saturated rings. The maximum absolute atomic E-state index is 5.71. The molecule has 0 atom stereocenters. The topological polar surface area (TPSA) is 83.2 Å². The number of hydrogen-bond acceptors (Lipinski definition) is 6. The van der Waals surface area contributed by atoms with E-state index in [1.807, 2.05) is 30.3 Å². The van der Waals surface area contributed by atoms with E-state index in [1.54, 1.807) is 6.20 Å². The number of methoxy groups -OCH3 is 1. The fourth-order valence-electron chi connectivity index (χ4n) is 1.86. The third-order valence-corrected chi connectivity index (χ3v) is 2.79. The number of anilines is 1. The standard InChI is InChI=1S/C14H12N4O2/c1-19-12-13(15)17-8-18-14(12)20-10-5-4-9-3-2-6-16-11(9)7-10/h2-8H,1H3,(H2,15,17,18). The smallest absolute Gasteiger partial charge is 0.268 e.